The highest BCUT2D eigenvalue weighted by molar-refractivity contribution is 5.78. The van der Waals surface area contributed by atoms with Crippen molar-refractivity contribution in [2.24, 2.45) is 0 Å². The number of carbonyl (C=O) groups is 1. The van der Waals surface area contributed by atoms with Crippen molar-refractivity contribution in [3.63, 3.8) is 0 Å². The van der Waals surface area contributed by atoms with Gasteiger partial charge in [-0.25, -0.2) is 0 Å². The fraction of sp³-hybridized carbons (Fsp3) is 0.462. The van der Waals surface area contributed by atoms with Crippen molar-refractivity contribution in [2.75, 3.05) is 13.1 Å². The zero-order valence-corrected chi connectivity index (χ0v) is 10.3. The Morgan fingerprint density at radius 2 is 1.94 bits per heavy atom. The Hall–Kier alpha value is -1.39. The van der Waals surface area contributed by atoms with Gasteiger partial charge in [-0.3, -0.25) is 4.79 Å². The van der Waals surface area contributed by atoms with Crippen molar-refractivity contribution in [2.45, 2.75) is 26.0 Å². The van der Waals surface area contributed by atoms with Crippen LogP contribution in [-0.2, 0) is 4.79 Å². The molecular formula is C13H20N2O2. The van der Waals surface area contributed by atoms with Crippen LogP contribution in [0, 0.1) is 0 Å². The second kappa shape index (κ2) is 7.04. The minimum atomic E-state index is -0.654. The van der Waals surface area contributed by atoms with Crippen LogP contribution in [0.15, 0.2) is 30.3 Å². The summed E-state index contributed by atoms with van der Waals surface area (Å²) in [6, 6.07) is 9.56. The van der Waals surface area contributed by atoms with Gasteiger partial charge in [0.1, 0.15) is 0 Å². The molecule has 1 unspecified atom stereocenters. The Bertz CT molecular complexity index is 339. The molecule has 1 aromatic rings. The maximum Gasteiger partial charge on any atom is 0.234 e. The number of aliphatic hydroxyl groups excluding tert-OH is 1. The topological polar surface area (TPSA) is 61.4 Å². The quantitative estimate of drug-likeness (QED) is 0.685. The molecule has 0 aromatic heterocycles. The summed E-state index contributed by atoms with van der Waals surface area (Å²) in [5, 5.41) is 15.5. The van der Waals surface area contributed by atoms with E-state index in [9.17, 15) is 9.90 Å². The summed E-state index contributed by atoms with van der Waals surface area (Å²) in [7, 11) is 0. The van der Waals surface area contributed by atoms with Gasteiger partial charge in [0, 0.05) is 12.6 Å². The van der Waals surface area contributed by atoms with Crippen LogP contribution in [0.3, 0.4) is 0 Å². The van der Waals surface area contributed by atoms with Gasteiger partial charge < -0.3 is 15.7 Å². The normalized spacial score (nSPS) is 12.5. The minimum absolute atomic E-state index is 0.103. The third-order valence-corrected chi connectivity index (χ3v) is 2.35. The summed E-state index contributed by atoms with van der Waals surface area (Å²) < 4.78 is 0. The Morgan fingerprint density at radius 1 is 1.29 bits per heavy atom. The molecule has 0 heterocycles. The Morgan fingerprint density at radius 3 is 2.53 bits per heavy atom. The summed E-state index contributed by atoms with van der Waals surface area (Å²) >= 11 is 0. The molecule has 0 aliphatic carbocycles. The van der Waals surface area contributed by atoms with E-state index in [0.717, 1.165) is 5.56 Å². The van der Waals surface area contributed by atoms with Gasteiger partial charge in [-0.1, -0.05) is 44.2 Å². The summed E-state index contributed by atoms with van der Waals surface area (Å²) in [6.45, 7) is 4.47. The summed E-state index contributed by atoms with van der Waals surface area (Å²) in [5.74, 6) is -0.103. The maximum absolute atomic E-state index is 11.4. The van der Waals surface area contributed by atoms with Gasteiger partial charge in [0.25, 0.3) is 0 Å². The minimum Gasteiger partial charge on any atom is -0.387 e. The van der Waals surface area contributed by atoms with E-state index in [1.54, 1.807) is 0 Å². The molecule has 1 aromatic carbocycles. The van der Waals surface area contributed by atoms with Crippen LogP contribution < -0.4 is 10.6 Å². The molecule has 0 saturated heterocycles. The molecule has 0 spiro atoms. The Balaban J connectivity index is 2.29. The molecule has 1 amide bonds. The number of rotatable bonds is 6. The second-order valence-electron chi connectivity index (χ2n) is 4.27. The van der Waals surface area contributed by atoms with Gasteiger partial charge in [0.05, 0.1) is 12.6 Å². The number of amides is 1. The van der Waals surface area contributed by atoms with E-state index in [1.807, 2.05) is 44.2 Å². The SMILES string of the molecule is CC(C)NCC(=O)NCC(O)c1ccccc1. The average molecular weight is 236 g/mol. The molecule has 1 atom stereocenters. The summed E-state index contributed by atoms with van der Waals surface area (Å²) in [5.41, 5.74) is 0.810. The van der Waals surface area contributed by atoms with Crippen LogP contribution >= 0.6 is 0 Å². The largest absolute Gasteiger partial charge is 0.387 e. The van der Waals surface area contributed by atoms with E-state index in [-0.39, 0.29) is 25.0 Å². The monoisotopic (exact) mass is 236 g/mol. The number of benzene rings is 1. The maximum atomic E-state index is 11.4. The number of nitrogens with one attached hydrogen (secondary N) is 2. The highest BCUT2D eigenvalue weighted by Gasteiger charge is 2.08. The van der Waals surface area contributed by atoms with Crippen LogP contribution in [0.5, 0.6) is 0 Å². The molecule has 0 radical (unpaired) electrons. The molecule has 0 fully saturated rings. The molecule has 4 heteroatoms. The van der Waals surface area contributed by atoms with E-state index in [4.69, 9.17) is 0 Å². The Labute approximate surface area is 102 Å². The molecule has 1 rings (SSSR count). The van der Waals surface area contributed by atoms with Gasteiger partial charge in [-0.2, -0.15) is 0 Å². The number of hydrogen-bond acceptors (Lipinski definition) is 3. The van der Waals surface area contributed by atoms with Gasteiger partial charge in [0.15, 0.2) is 0 Å². The lowest BCUT2D eigenvalue weighted by Crippen LogP contribution is -2.38. The van der Waals surface area contributed by atoms with E-state index < -0.39 is 6.10 Å². The molecule has 0 aliphatic heterocycles. The predicted molar refractivity (Wildman–Crippen MR) is 67.6 cm³/mol. The van der Waals surface area contributed by atoms with Gasteiger partial charge >= 0.3 is 0 Å². The van der Waals surface area contributed by atoms with Crippen molar-refractivity contribution < 1.29 is 9.90 Å². The van der Waals surface area contributed by atoms with Gasteiger partial charge in [0.2, 0.25) is 5.91 Å². The lowest BCUT2D eigenvalue weighted by molar-refractivity contribution is -0.120. The van der Waals surface area contributed by atoms with Crippen LogP contribution in [0.2, 0.25) is 0 Å². The van der Waals surface area contributed by atoms with E-state index in [0.29, 0.717) is 0 Å². The first kappa shape index (κ1) is 13.7. The van der Waals surface area contributed by atoms with E-state index >= 15 is 0 Å². The number of aliphatic hydroxyl groups is 1. The molecule has 0 aliphatic rings. The average Bonchev–Trinajstić information content (AvgIpc) is 2.34. The van der Waals surface area contributed by atoms with Crippen LogP contribution in [0.4, 0.5) is 0 Å². The molecule has 94 valence electrons. The smallest absolute Gasteiger partial charge is 0.234 e. The first-order valence-corrected chi connectivity index (χ1v) is 5.82. The Kier molecular flexibility index (Phi) is 5.66. The lowest BCUT2D eigenvalue weighted by atomic mass is 10.1. The highest BCUT2D eigenvalue weighted by atomic mass is 16.3. The molecule has 17 heavy (non-hydrogen) atoms. The van der Waals surface area contributed by atoms with E-state index in [1.165, 1.54) is 0 Å². The first-order valence-electron chi connectivity index (χ1n) is 5.82. The summed E-state index contributed by atoms with van der Waals surface area (Å²) in [4.78, 5) is 11.4. The fourth-order valence-electron chi connectivity index (χ4n) is 1.36. The molecule has 3 N–H and O–H groups in total. The first-order chi connectivity index (χ1) is 8.09. The zero-order valence-electron chi connectivity index (χ0n) is 10.3. The van der Waals surface area contributed by atoms with Crippen LogP contribution in [-0.4, -0.2) is 30.1 Å². The standard InChI is InChI=1S/C13H20N2O2/c1-10(2)14-9-13(17)15-8-12(16)11-6-4-3-5-7-11/h3-7,10,12,14,16H,8-9H2,1-2H3,(H,15,17). The predicted octanol–water partition coefficient (Wildman–Crippen LogP) is 0.834. The van der Waals surface area contributed by atoms with Crippen LogP contribution in [0.1, 0.15) is 25.5 Å². The number of hydrogen-bond donors (Lipinski definition) is 3. The third kappa shape index (κ3) is 5.47. The van der Waals surface area contributed by atoms with Crippen molar-refractivity contribution in [1.29, 1.82) is 0 Å². The lowest BCUT2D eigenvalue weighted by Gasteiger charge is -2.13. The molecule has 4 nitrogen and oxygen atoms in total. The van der Waals surface area contributed by atoms with Crippen LogP contribution in [0.25, 0.3) is 0 Å². The molecule has 0 saturated carbocycles. The molecule has 0 bridgehead atoms. The highest BCUT2D eigenvalue weighted by Crippen LogP contribution is 2.10. The van der Waals surface area contributed by atoms with Crippen molar-refractivity contribution in [1.82, 2.24) is 10.6 Å². The third-order valence-electron chi connectivity index (χ3n) is 2.35. The fourth-order valence-corrected chi connectivity index (χ4v) is 1.36. The van der Waals surface area contributed by atoms with E-state index in [2.05, 4.69) is 10.6 Å². The summed E-state index contributed by atoms with van der Waals surface area (Å²) in [6.07, 6.45) is -0.654. The second-order valence-corrected chi connectivity index (χ2v) is 4.27. The van der Waals surface area contributed by atoms with Crippen molar-refractivity contribution in [3.05, 3.63) is 35.9 Å². The van der Waals surface area contributed by atoms with Gasteiger partial charge in [-0.15, -0.1) is 0 Å². The van der Waals surface area contributed by atoms with Crippen molar-refractivity contribution in [3.8, 4) is 0 Å². The number of carbonyl (C=O) groups excluding carboxylic acids is 1. The zero-order chi connectivity index (χ0) is 12.7. The van der Waals surface area contributed by atoms with Crippen molar-refractivity contribution >= 4 is 5.91 Å². The van der Waals surface area contributed by atoms with Gasteiger partial charge in [-0.05, 0) is 5.56 Å². The molecular weight excluding hydrogens is 216 g/mol.